The number of hydrogen-bond acceptors (Lipinski definition) is 3. The van der Waals surface area contributed by atoms with Crippen LogP contribution in [0.15, 0.2) is 36.5 Å². The predicted molar refractivity (Wildman–Crippen MR) is 96.0 cm³/mol. The van der Waals surface area contributed by atoms with Crippen molar-refractivity contribution < 1.29 is 22.4 Å². The number of alkyl halides is 3. The van der Waals surface area contributed by atoms with E-state index < -0.39 is 29.0 Å². The Morgan fingerprint density at radius 2 is 1.79 bits per heavy atom. The molecule has 0 radical (unpaired) electrons. The Morgan fingerprint density at radius 1 is 1.14 bits per heavy atom. The number of benzene rings is 1. The van der Waals surface area contributed by atoms with Crippen LogP contribution in [0.3, 0.4) is 0 Å². The monoisotopic (exact) mass is 415 g/mol. The summed E-state index contributed by atoms with van der Waals surface area (Å²) >= 11 is 5.82. The molecule has 3 rings (SSSR count). The Morgan fingerprint density at radius 3 is 2.36 bits per heavy atom. The van der Waals surface area contributed by atoms with Gasteiger partial charge >= 0.3 is 6.18 Å². The van der Waals surface area contributed by atoms with Gasteiger partial charge in [-0.15, -0.1) is 0 Å². The molecular formula is C19H18ClF4N3O. The maximum atomic E-state index is 14.0. The average Bonchev–Trinajstić information content (AvgIpc) is 3.13. The van der Waals surface area contributed by atoms with E-state index in [4.69, 9.17) is 17.3 Å². The zero-order valence-electron chi connectivity index (χ0n) is 14.7. The van der Waals surface area contributed by atoms with Crippen LogP contribution in [-0.2, 0) is 16.5 Å². The van der Waals surface area contributed by atoms with Crippen molar-refractivity contribution >= 4 is 17.5 Å². The van der Waals surface area contributed by atoms with Crippen molar-refractivity contribution in [1.82, 2.24) is 10.3 Å². The van der Waals surface area contributed by atoms with Crippen molar-refractivity contribution in [3.63, 3.8) is 0 Å². The summed E-state index contributed by atoms with van der Waals surface area (Å²) in [6, 6.07) is 4.47. The van der Waals surface area contributed by atoms with Crippen LogP contribution in [0.5, 0.6) is 0 Å². The van der Waals surface area contributed by atoms with Crippen molar-refractivity contribution in [3.05, 3.63) is 64.2 Å². The standard InChI is InChI=1S/C19H18ClF4N3O/c20-13-5-6-16(26-10-13)18(25,17(28)27-15-3-1-2-4-15)11-7-12(19(22,23)24)9-14(21)8-11/h5-10,15H,1-4,25H2,(H,27,28)/t18-/m0/s1. The lowest BCUT2D eigenvalue weighted by Gasteiger charge is -2.30. The van der Waals surface area contributed by atoms with Gasteiger partial charge in [0.1, 0.15) is 5.82 Å². The van der Waals surface area contributed by atoms with Crippen LogP contribution < -0.4 is 11.1 Å². The minimum Gasteiger partial charge on any atom is -0.351 e. The van der Waals surface area contributed by atoms with E-state index in [0.717, 1.165) is 31.7 Å². The highest BCUT2D eigenvalue weighted by molar-refractivity contribution is 6.30. The van der Waals surface area contributed by atoms with E-state index in [1.165, 1.54) is 18.3 Å². The molecule has 1 heterocycles. The molecule has 0 spiro atoms. The molecule has 1 aliphatic carbocycles. The summed E-state index contributed by atoms with van der Waals surface area (Å²) in [4.78, 5) is 17.1. The summed E-state index contributed by atoms with van der Waals surface area (Å²) in [6.45, 7) is 0. The molecule has 2 aromatic rings. The second-order valence-electron chi connectivity index (χ2n) is 6.85. The van der Waals surface area contributed by atoms with E-state index >= 15 is 0 Å². The Kier molecular flexibility index (Phi) is 5.63. The Balaban J connectivity index is 2.12. The first-order valence-corrected chi connectivity index (χ1v) is 9.08. The summed E-state index contributed by atoms with van der Waals surface area (Å²) in [5.74, 6) is -1.89. The molecule has 1 atom stereocenters. The quantitative estimate of drug-likeness (QED) is 0.737. The van der Waals surface area contributed by atoms with Crippen molar-refractivity contribution in [2.45, 2.75) is 43.4 Å². The number of halogens is 5. The van der Waals surface area contributed by atoms with E-state index in [2.05, 4.69) is 10.3 Å². The van der Waals surface area contributed by atoms with E-state index in [1.807, 2.05) is 0 Å². The Labute approximate surface area is 164 Å². The van der Waals surface area contributed by atoms with E-state index in [9.17, 15) is 22.4 Å². The van der Waals surface area contributed by atoms with E-state index in [-0.39, 0.29) is 22.3 Å². The predicted octanol–water partition coefficient (Wildman–Crippen LogP) is 4.15. The van der Waals surface area contributed by atoms with Gasteiger partial charge in [-0.3, -0.25) is 9.78 Å². The lowest BCUT2D eigenvalue weighted by molar-refractivity contribution is -0.138. The van der Waals surface area contributed by atoms with Crippen LogP contribution in [0.2, 0.25) is 5.02 Å². The maximum Gasteiger partial charge on any atom is 0.416 e. The Hall–Kier alpha value is -2.19. The smallest absolute Gasteiger partial charge is 0.351 e. The molecule has 150 valence electrons. The second kappa shape index (κ2) is 7.67. The van der Waals surface area contributed by atoms with Gasteiger partial charge in [-0.2, -0.15) is 13.2 Å². The molecule has 4 nitrogen and oxygen atoms in total. The number of hydrogen-bond donors (Lipinski definition) is 2. The molecule has 1 aromatic heterocycles. The Bertz CT molecular complexity index is 866. The van der Waals surface area contributed by atoms with Crippen molar-refractivity contribution in [1.29, 1.82) is 0 Å². The lowest BCUT2D eigenvalue weighted by atomic mass is 9.84. The maximum absolute atomic E-state index is 14.0. The van der Waals surface area contributed by atoms with Gasteiger partial charge in [0, 0.05) is 12.2 Å². The van der Waals surface area contributed by atoms with Crippen LogP contribution >= 0.6 is 11.6 Å². The molecular weight excluding hydrogens is 398 g/mol. The van der Waals surface area contributed by atoms with E-state index in [1.54, 1.807) is 0 Å². The number of nitrogens with one attached hydrogen (secondary N) is 1. The van der Waals surface area contributed by atoms with Crippen molar-refractivity contribution in [3.8, 4) is 0 Å². The second-order valence-corrected chi connectivity index (χ2v) is 7.29. The fourth-order valence-corrected chi connectivity index (χ4v) is 3.47. The third-order valence-electron chi connectivity index (χ3n) is 4.86. The highest BCUT2D eigenvalue weighted by Crippen LogP contribution is 2.35. The molecule has 9 heteroatoms. The summed E-state index contributed by atoms with van der Waals surface area (Å²) < 4.78 is 53.5. The van der Waals surface area contributed by atoms with Gasteiger partial charge in [0.25, 0.3) is 5.91 Å². The molecule has 3 N–H and O–H groups in total. The molecule has 1 amide bonds. The molecule has 1 aromatic carbocycles. The van der Waals surface area contributed by atoms with Crippen molar-refractivity contribution in [2.75, 3.05) is 0 Å². The number of nitrogens with zero attached hydrogens (tertiary/aromatic N) is 1. The summed E-state index contributed by atoms with van der Waals surface area (Å²) in [6.07, 6.45) is -0.224. The van der Waals surface area contributed by atoms with Crippen LogP contribution in [0.1, 0.15) is 42.5 Å². The van der Waals surface area contributed by atoms with Gasteiger partial charge in [-0.1, -0.05) is 24.4 Å². The van der Waals surface area contributed by atoms with Gasteiger partial charge in [-0.05, 0) is 48.7 Å². The first-order chi connectivity index (χ1) is 13.1. The molecule has 0 bridgehead atoms. The SMILES string of the molecule is N[C@@](C(=O)NC1CCCC1)(c1cc(F)cc(C(F)(F)F)c1)c1ccc(Cl)cn1. The average molecular weight is 416 g/mol. The summed E-state index contributed by atoms with van der Waals surface area (Å²) in [7, 11) is 0. The lowest BCUT2D eigenvalue weighted by Crippen LogP contribution is -2.54. The van der Waals surface area contributed by atoms with Crippen LogP contribution in [0, 0.1) is 5.82 Å². The number of carbonyl (C=O) groups excluding carboxylic acids is 1. The molecule has 1 aliphatic rings. The topological polar surface area (TPSA) is 68.0 Å². The third kappa shape index (κ3) is 4.12. The number of aromatic nitrogens is 1. The molecule has 1 fully saturated rings. The number of rotatable bonds is 4. The van der Waals surface area contributed by atoms with E-state index in [0.29, 0.717) is 12.1 Å². The zero-order chi connectivity index (χ0) is 20.5. The summed E-state index contributed by atoms with van der Waals surface area (Å²) in [5.41, 5.74) is 2.61. The first-order valence-electron chi connectivity index (χ1n) is 8.71. The van der Waals surface area contributed by atoms with Gasteiger partial charge in [0.05, 0.1) is 16.3 Å². The molecule has 0 unspecified atom stereocenters. The normalized spacial score (nSPS) is 17.4. The molecule has 28 heavy (non-hydrogen) atoms. The minimum atomic E-state index is -4.80. The highest BCUT2D eigenvalue weighted by atomic mass is 35.5. The van der Waals surface area contributed by atoms with Crippen LogP contribution in [0.4, 0.5) is 17.6 Å². The van der Waals surface area contributed by atoms with Crippen LogP contribution in [-0.4, -0.2) is 16.9 Å². The van der Waals surface area contributed by atoms with Crippen molar-refractivity contribution in [2.24, 2.45) is 5.73 Å². The van der Waals surface area contributed by atoms with Gasteiger partial charge in [-0.25, -0.2) is 4.39 Å². The molecule has 0 aliphatic heterocycles. The van der Waals surface area contributed by atoms with Gasteiger partial charge in [0.2, 0.25) is 0 Å². The number of pyridine rings is 1. The fourth-order valence-electron chi connectivity index (χ4n) is 3.35. The number of carbonyl (C=O) groups is 1. The molecule has 0 saturated heterocycles. The summed E-state index contributed by atoms with van der Waals surface area (Å²) in [5, 5.41) is 3.03. The zero-order valence-corrected chi connectivity index (χ0v) is 15.4. The largest absolute Gasteiger partial charge is 0.416 e. The number of nitrogens with two attached hydrogens (primary N) is 1. The third-order valence-corrected chi connectivity index (χ3v) is 5.08. The first kappa shape index (κ1) is 20.5. The molecule has 1 saturated carbocycles. The van der Waals surface area contributed by atoms with Gasteiger partial charge < -0.3 is 11.1 Å². The highest BCUT2D eigenvalue weighted by Gasteiger charge is 2.43. The fraction of sp³-hybridized carbons (Fsp3) is 0.368. The van der Waals surface area contributed by atoms with Gasteiger partial charge in [0.15, 0.2) is 5.54 Å². The minimum absolute atomic E-state index is 0.0360. The number of amides is 1. The van der Waals surface area contributed by atoms with Crippen LogP contribution in [0.25, 0.3) is 0 Å².